The van der Waals surface area contributed by atoms with Crippen molar-refractivity contribution in [3.63, 3.8) is 0 Å². The summed E-state index contributed by atoms with van der Waals surface area (Å²) >= 11 is 1.49. The fraction of sp³-hybridized carbons (Fsp3) is 0.353. The van der Waals surface area contributed by atoms with E-state index in [1.54, 1.807) is 6.20 Å². The molecule has 2 aromatic rings. The minimum Gasteiger partial charge on any atom is -0.305 e. The number of aryl methyl sites for hydroxylation is 1. The van der Waals surface area contributed by atoms with Gasteiger partial charge in [-0.15, -0.1) is 11.8 Å². The fourth-order valence-corrected chi connectivity index (χ4v) is 3.57. The van der Waals surface area contributed by atoms with Gasteiger partial charge < -0.3 is 4.90 Å². The Morgan fingerprint density at radius 2 is 2.04 bits per heavy atom. The van der Waals surface area contributed by atoms with Crippen LogP contribution in [0.1, 0.15) is 34.2 Å². The van der Waals surface area contributed by atoms with Gasteiger partial charge in [-0.05, 0) is 30.4 Å². The molecule has 0 radical (unpaired) electrons. The molecule has 0 atom stereocenters. The summed E-state index contributed by atoms with van der Waals surface area (Å²) in [5.74, 6) is 0.373. The number of fused-ring (bicyclic) bond motifs is 1. The molecule has 2 aromatic heterocycles. The molecule has 3 heterocycles. The maximum Gasteiger partial charge on any atom is 0.417 e. The number of anilines is 1. The minimum absolute atomic E-state index is 0.217. The maximum atomic E-state index is 13.0. The summed E-state index contributed by atoms with van der Waals surface area (Å²) in [6.07, 6.45) is -1.66. The molecule has 25 heavy (non-hydrogen) atoms. The molecule has 0 bridgehead atoms. The van der Waals surface area contributed by atoms with Crippen LogP contribution in [0, 0.1) is 6.92 Å². The predicted octanol–water partition coefficient (Wildman–Crippen LogP) is 4.12. The second kappa shape index (κ2) is 6.67. The number of carbonyl (C=O) groups excluding carboxylic acids is 1. The largest absolute Gasteiger partial charge is 0.417 e. The topological polar surface area (TPSA) is 46.1 Å². The van der Waals surface area contributed by atoms with Gasteiger partial charge >= 0.3 is 6.18 Å². The highest BCUT2D eigenvalue weighted by Crippen LogP contribution is 2.36. The normalized spacial score (nSPS) is 13.9. The number of hydrogen-bond donors (Lipinski definition) is 0. The molecule has 1 amide bonds. The Bertz CT molecular complexity index is 823. The summed E-state index contributed by atoms with van der Waals surface area (Å²) in [7, 11) is 0. The van der Waals surface area contributed by atoms with Crippen molar-refractivity contribution < 1.29 is 18.0 Å². The molecule has 0 unspecified atom stereocenters. The van der Waals surface area contributed by atoms with E-state index < -0.39 is 17.6 Å². The average molecular weight is 367 g/mol. The van der Waals surface area contributed by atoms with Gasteiger partial charge in [0.25, 0.3) is 5.91 Å². The van der Waals surface area contributed by atoms with Crippen molar-refractivity contribution in [3.8, 4) is 0 Å². The van der Waals surface area contributed by atoms with Crippen molar-refractivity contribution in [2.75, 3.05) is 17.2 Å². The zero-order valence-electron chi connectivity index (χ0n) is 13.7. The third kappa shape index (κ3) is 3.49. The number of carbonyl (C=O) groups is 1. The minimum atomic E-state index is -4.50. The van der Waals surface area contributed by atoms with Gasteiger partial charge in [0, 0.05) is 30.3 Å². The van der Waals surface area contributed by atoms with Crippen LogP contribution in [-0.4, -0.2) is 28.2 Å². The molecule has 1 aliphatic heterocycles. The summed E-state index contributed by atoms with van der Waals surface area (Å²) in [6, 6.07) is 2.86. The highest BCUT2D eigenvalue weighted by molar-refractivity contribution is 7.99. The molecule has 8 heteroatoms. The summed E-state index contributed by atoms with van der Waals surface area (Å²) in [4.78, 5) is 23.1. The van der Waals surface area contributed by atoms with E-state index in [0.717, 1.165) is 28.5 Å². The Morgan fingerprint density at radius 1 is 1.28 bits per heavy atom. The van der Waals surface area contributed by atoms with Crippen LogP contribution in [0.25, 0.3) is 0 Å². The van der Waals surface area contributed by atoms with Crippen LogP contribution < -0.4 is 4.90 Å². The highest BCUT2D eigenvalue weighted by atomic mass is 32.2. The van der Waals surface area contributed by atoms with Gasteiger partial charge in [-0.2, -0.15) is 13.2 Å². The average Bonchev–Trinajstić information content (AvgIpc) is 2.97. The van der Waals surface area contributed by atoms with E-state index in [4.69, 9.17) is 0 Å². The van der Waals surface area contributed by atoms with Gasteiger partial charge in [-0.25, -0.2) is 4.98 Å². The van der Waals surface area contributed by atoms with E-state index in [1.807, 2.05) is 19.9 Å². The van der Waals surface area contributed by atoms with Crippen LogP contribution in [0.4, 0.5) is 18.9 Å². The van der Waals surface area contributed by atoms with E-state index >= 15 is 0 Å². The van der Waals surface area contributed by atoms with Crippen molar-refractivity contribution in [1.29, 1.82) is 0 Å². The molecule has 4 nitrogen and oxygen atoms in total. The number of amides is 1. The Hall–Kier alpha value is -2.09. The standard InChI is InChI=1S/C17H16F3N3OS/c1-3-25-14-6-10(2)8-22-15(14)16(24)23-5-4-12-13(23)7-11(9-21-12)17(18,19)20/h6-9H,3-5H2,1-2H3. The zero-order chi connectivity index (χ0) is 18.2. The monoisotopic (exact) mass is 367 g/mol. The summed E-state index contributed by atoms with van der Waals surface area (Å²) in [5.41, 5.74) is 1.05. The molecule has 132 valence electrons. The van der Waals surface area contributed by atoms with E-state index in [2.05, 4.69) is 9.97 Å². The summed E-state index contributed by atoms with van der Waals surface area (Å²) in [6.45, 7) is 4.14. The number of alkyl halides is 3. The summed E-state index contributed by atoms with van der Waals surface area (Å²) in [5, 5.41) is 0. The number of halogens is 3. The van der Waals surface area contributed by atoms with Gasteiger partial charge in [0.15, 0.2) is 0 Å². The number of pyridine rings is 2. The van der Waals surface area contributed by atoms with Gasteiger partial charge in [-0.3, -0.25) is 9.78 Å². The Labute approximate surface area is 147 Å². The Balaban J connectivity index is 1.99. The number of rotatable bonds is 3. The molecule has 3 rings (SSSR count). The van der Waals surface area contributed by atoms with Crippen LogP contribution in [-0.2, 0) is 12.6 Å². The quantitative estimate of drug-likeness (QED) is 0.766. The van der Waals surface area contributed by atoms with Crippen LogP contribution >= 0.6 is 11.8 Å². The fourth-order valence-electron chi connectivity index (χ4n) is 2.71. The zero-order valence-corrected chi connectivity index (χ0v) is 14.5. The van der Waals surface area contributed by atoms with E-state index in [-0.39, 0.29) is 11.4 Å². The van der Waals surface area contributed by atoms with Crippen molar-refractivity contribution in [2.45, 2.75) is 31.3 Å². The number of thioether (sulfide) groups is 1. The van der Waals surface area contributed by atoms with Gasteiger partial charge in [-0.1, -0.05) is 6.92 Å². The lowest BCUT2D eigenvalue weighted by Crippen LogP contribution is -2.30. The molecule has 0 aliphatic carbocycles. The van der Waals surface area contributed by atoms with E-state index in [0.29, 0.717) is 18.7 Å². The first kappa shape index (κ1) is 17.7. The molecular formula is C17H16F3N3OS. The highest BCUT2D eigenvalue weighted by Gasteiger charge is 2.35. The Morgan fingerprint density at radius 3 is 2.72 bits per heavy atom. The molecule has 1 aliphatic rings. The first-order valence-corrected chi connectivity index (χ1v) is 8.77. The van der Waals surface area contributed by atoms with Crippen molar-refractivity contribution in [2.24, 2.45) is 0 Å². The van der Waals surface area contributed by atoms with E-state index in [1.165, 1.54) is 16.7 Å². The molecule has 0 spiro atoms. The Kier molecular flexibility index (Phi) is 4.73. The van der Waals surface area contributed by atoms with Crippen LogP contribution in [0.15, 0.2) is 29.4 Å². The van der Waals surface area contributed by atoms with Crippen molar-refractivity contribution >= 4 is 23.4 Å². The number of aromatic nitrogens is 2. The molecule has 0 N–H and O–H groups in total. The SMILES string of the molecule is CCSc1cc(C)cnc1C(=O)N1CCc2ncc(C(F)(F)F)cc21. The predicted molar refractivity (Wildman–Crippen MR) is 90.0 cm³/mol. The van der Waals surface area contributed by atoms with Crippen LogP contribution in [0.3, 0.4) is 0 Å². The van der Waals surface area contributed by atoms with E-state index in [9.17, 15) is 18.0 Å². The molecule has 0 saturated heterocycles. The van der Waals surface area contributed by atoms with Crippen molar-refractivity contribution in [1.82, 2.24) is 9.97 Å². The van der Waals surface area contributed by atoms with Crippen LogP contribution in [0.2, 0.25) is 0 Å². The second-order valence-corrected chi connectivity index (χ2v) is 6.99. The molecule has 0 fully saturated rings. The molecule has 0 saturated carbocycles. The first-order chi connectivity index (χ1) is 11.8. The summed E-state index contributed by atoms with van der Waals surface area (Å²) < 4.78 is 38.9. The lowest BCUT2D eigenvalue weighted by Gasteiger charge is -2.19. The smallest absolute Gasteiger partial charge is 0.305 e. The van der Waals surface area contributed by atoms with Gasteiger partial charge in [0.2, 0.25) is 0 Å². The third-order valence-electron chi connectivity index (χ3n) is 3.87. The molecule has 0 aromatic carbocycles. The lowest BCUT2D eigenvalue weighted by molar-refractivity contribution is -0.137. The first-order valence-electron chi connectivity index (χ1n) is 7.78. The van der Waals surface area contributed by atoms with Crippen LogP contribution in [0.5, 0.6) is 0 Å². The number of nitrogens with zero attached hydrogens (tertiary/aromatic N) is 3. The van der Waals surface area contributed by atoms with Crippen molar-refractivity contribution in [3.05, 3.63) is 47.0 Å². The number of hydrogen-bond acceptors (Lipinski definition) is 4. The third-order valence-corrected chi connectivity index (χ3v) is 4.79. The molecular weight excluding hydrogens is 351 g/mol. The second-order valence-electron chi connectivity index (χ2n) is 5.69. The lowest BCUT2D eigenvalue weighted by atomic mass is 10.2. The van der Waals surface area contributed by atoms with Gasteiger partial charge in [0.1, 0.15) is 5.69 Å². The van der Waals surface area contributed by atoms with Gasteiger partial charge in [0.05, 0.1) is 16.9 Å². The maximum absolute atomic E-state index is 13.0.